The third-order valence-electron chi connectivity index (χ3n) is 7.35. The zero-order valence-corrected chi connectivity index (χ0v) is 24.9. The zero-order valence-electron chi connectivity index (χ0n) is 23.3. The van der Waals surface area contributed by atoms with Gasteiger partial charge in [0, 0.05) is 34.2 Å². The predicted octanol–water partition coefficient (Wildman–Crippen LogP) is 5.46. The number of esters is 1. The van der Waals surface area contributed by atoms with Crippen LogP contribution in [0.1, 0.15) is 36.6 Å². The van der Waals surface area contributed by atoms with Crippen LogP contribution < -0.4 is 19.6 Å². The Labute approximate surface area is 251 Å². The van der Waals surface area contributed by atoms with Crippen molar-refractivity contribution in [2.45, 2.75) is 26.4 Å². The number of hydrogen-bond donors (Lipinski definition) is 0. The van der Waals surface area contributed by atoms with Gasteiger partial charge in [-0.15, -0.1) is 0 Å². The molecular weight excluding hydrogens is 570 g/mol. The molecule has 1 atom stereocenters. The number of allylic oxidation sites excluding steroid dienone is 1. The van der Waals surface area contributed by atoms with Crippen molar-refractivity contribution in [3.8, 4) is 5.75 Å². The number of thiazole rings is 1. The minimum atomic E-state index is -0.685. The summed E-state index contributed by atoms with van der Waals surface area (Å²) in [5, 5.41) is 1.72. The number of halogens is 1. The molecular formula is C33H28ClN3O4S. The van der Waals surface area contributed by atoms with Crippen LogP contribution in [-0.4, -0.2) is 28.8 Å². The maximum Gasteiger partial charge on any atom is 0.338 e. The molecule has 3 aromatic carbocycles. The molecule has 1 aliphatic heterocycles. The summed E-state index contributed by atoms with van der Waals surface area (Å²) < 4.78 is 15.0. The number of carbonyl (C=O) groups is 1. The first-order valence-electron chi connectivity index (χ1n) is 13.5. The molecule has 6 rings (SSSR count). The van der Waals surface area contributed by atoms with Crippen LogP contribution in [-0.2, 0) is 16.1 Å². The minimum Gasteiger partial charge on any atom is -0.497 e. The predicted molar refractivity (Wildman–Crippen MR) is 166 cm³/mol. The van der Waals surface area contributed by atoms with Gasteiger partial charge < -0.3 is 14.0 Å². The van der Waals surface area contributed by atoms with Crippen LogP contribution in [0.2, 0.25) is 5.02 Å². The average Bonchev–Trinajstić information content (AvgIpc) is 3.50. The number of methoxy groups -OCH3 is 1. The highest BCUT2D eigenvalue weighted by Crippen LogP contribution is 2.32. The van der Waals surface area contributed by atoms with Gasteiger partial charge in [0.2, 0.25) is 0 Å². The minimum absolute atomic E-state index is 0.216. The van der Waals surface area contributed by atoms with Gasteiger partial charge in [0.25, 0.3) is 5.56 Å². The number of hydrogen-bond acceptors (Lipinski definition) is 6. The van der Waals surface area contributed by atoms with Gasteiger partial charge in [-0.05, 0) is 55.3 Å². The Balaban J connectivity index is 1.51. The molecule has 212 valence electrons. The summed E-state index contributed by atoms with van der Waals surface area (Å²) in [6.45, 7) is 4.35. The van der Waals surface area contributed by atoms with Crippen molar-refractivity contribution in [2.75, 3.05) is 13.7 Å². The fraction of sp³-hybridized carbons (Fsp3) is 0.182. The van der Waals surface area contributed by atoms with Gasteiger partial charge in [-0.2, -0.15) is 0 Å². The average molecular weight is 598 g/mol. The van der Waals surface area contributed by atoms with Crippen LogP contribution in [0.5, 0.6) is 5.75 Å². The van der Waals surface area contributed by atoms with E-state index in [2.05, 4.69) is 10.6 Å². The highest BCUT2D eigenvalue weighted by molar-refractivity contribution is 7.07. The van der Waals surface area contributed by atoms with Gasteiger partial charge in [-0.25, -0.2) is 9.79 Å². The van der Waals surface area contributed by atoms with Crippen molar-refractivity contribution in [1.82, 2.24) is 9.13 Å². The lowest BCUT2D eigenvalue weighted by molar-refractivity contribution is -0.139. The first-order chi connectivity index (χ1) is 20.4. The molecule has 1 aliphatic rings. The number of ether oxygens (including phenoxy) is 2. The lowest BCUT2D eigenvalue weighted by Gasteiger charge is -2.24. The first kappa shape index (κ1) is 27.8. The Morgan fingerprint density at radius 3 is 2.55 bits per heavy atom. The van der Waals surface area contributed by atoms with E-state index in [4.69, 9.17) is 26.1 Å². The molecule has 7 nitrogen and oxygen atoms in total. The molecule has 0 spiro atoms. The Morgan fingerprint density at radius 2 is 1.81 bits per heavy atom. The summed E-state index contributed by atoms with van der Waals surface area (Å²) in [6, 6.07) is 22.5. The molecule has 42 heavy (non-hydrogen) atoms. The number of fused-ring (bicyclic) bond motifs is 2. The molecule has 0 saturated carbocycles. The molecule has 0 bridgehead atoms. The van der Waals surface area contributed by atoms with Crippen molar-refractivity contribution in [2.24, 2.45) is 4.99 Å². The Hall–Kier alpha value is -4.40. The summed E-state index contributed by atoms with van der Waals surface area (Å²) in [7, 11) is 1.59. The van der Waals surface area contributed by atoms with Crippen LogP contribution in [0.15, 0.2) is 100 Å². The van der Waals surface area contributed by atoms with Crippen LogP contribution in [0.4, 0.5) is 0 Å². The quantitative estimate of drug-likeness (QED) is 0.233. The number of para-hydroxylation sites is 1. The Morgan fingerprint density at radius 1 is 1.07 bits per heavy atom. The molecule has 5 aromatic rings. The van der Waals surface area contributed by atoms with E-state index >= 15 is 0 Å². The molecule has 0 fully saturated rings. The van der Waals surface area contributed by atoms with Crippen LogP contribution in [0, 0.1) is 0 Å². The monoisotopic (exact) mass is 597 g/mol. The zero-order chi connectivity index (χ0) is 29.4. The SMILES string of the molecule is CCOC(=O)C1=C(C)N=c2sc(=Cc3cn(Cc4ccccc4Cl)c4ccccc34)c(=O)n2[C@H]1c1ccc(OC)cc1. The molecule has 3 heterocycles. The first-order valence-corrected chi connectivity index (χ1v) is 14.7. The fourth-order valence-electron chi connectivity index (χ4n) is 5.37. The van der Waals surface area contributed by atoms with Gasteiger partial charge in [0.15, 0.2) is 4.80 Å². The molecule has 0 aliphatic carbocycles. The van der Waals surface area contributed by atoms with E-state index in [9.17, 15) is 9.59 Å². The number of carbonyl (C=O) groups excluding carboxylic acids is 1. The van der Waals surface area contributed by atoms with E-state index in [0.29, 0.717) is 37.9 Å². The largest absolute Gasteiger partial charge is 0.497 e. The second kappa shape index (κ2) is 11.5. The highest BCUT2D eigenvalue weighted by atomic mass is 35.5. The van der Waals surface area contributed by atoms with Gasteiger partial charge in [-0.3, -0.25) is 9.36 Å². The van der Waals surface area contributed by atoms with Crippen molar-refractivity contribution in [1.29, 1.82) is 0 Å². The standard InChI is InChI=1S/C33H28ClN3O4S/c1-4-41-32(39)29-20(2)35-33-37(30(29)21-13-15-24(40-3)16-14-21)31(38)28(42-33)17-23-19-36(27-12-8-6-10-25(23)27)18-22-9-5-7-11-26(22)34/h5-17,19,30H,4,18H2,1-3H3/t30-/m0/s1. The van der Waals surface area contributed by atoms with E-state index in [0.717, 1.165) is 27.6 Å². The Kier molecular flexibility index (Phi) is 7.58. The number of aromatic nitrogens is 2. The number of rotatable bonds is 7. The summed E-state index contributed by atoms with van der Waals surface area (Å²) in [6.07, 6.45) is 3.95. The fourth-order valence-corrected chi connectivity index (χ4v) is 6.60. The second-order valence-corrected chi connectivity index (χ2v) is 11.3. The third kappa shape index (κ3) is 4.97. The maximum atomic E-state index is 14.1. The van der Waals surface area contributed by atoms with Gasteiger partial charge in [0.05, 0.1) is 35.6 Å². The van der Waals surface area contributed by atoms with Crippen LogP contribution in [0.25, 0.3) is 17.0 Å². The molecule has 0 N–H and O–H groups in total. The van der Waals surface area contributed by atoms with Crippen molar-refractivity contribution >= 4 is 45.9 Å². The smallest absolute Gasteiger partial charge is 0.338 e. The number of nitrogens with zero attached hydrogens (tertiary/aromatic N) is 3. The molecule has 0 unspecified atom stereocenters. The summed E-state index contributed by atoms with van der Waals surface area (Å²) >= 11 is 7.77. The summed E-state index contributed by atoms with van der Waals surface area (Å²) in [4.78, 5) is 32.5. The molecule has 0 amide bonds. The van der Waals surface area contributed by atoms with Gasteiger partial charge >= 0.3 is 5.97 Å². The lowest BCUT2D eigenvalue weighted by atomic mass is 9.96. The Bertz CT molecular complexity index is 2040. The lowest BCUT2D eigenvalue weighted by Crippen LogP contribution is -2.39. The van der Waals surface area contributed by atoms with Crippen LogP contribution >= 0.6 is 22.9 Å². The maximum absolute atomic E-state index is 14.1. The van der Waals surface area contributed by atoms with Crippen molar-refractivity contribution in [3.05, 3.63) is 132 Å². The van der Waals surface area contributed by atoms with E-state index in [1.807, 2.05) is 79.0 Å². The van der Waals surface area contributed by atoms with Crippen molar-refractivity contribution in [3.63, 3.8) is 0 Å². The summed E-state index contributed by atoms with van der Waals surface area (Å²) in [5.74, 6) is 0.189. The topological polar surface area (TPSA) is 74.8 Å². The second-order valence-electron chi connectivity index (χ2n) is 9.90. The van der Waals surface area contributed by atoms with Crippen molar-refractivity contribution < 1.29 is 14.3 Å². The van der Waals surface area contributed by atoms with E-state index in [-0.39, 0.29) is 12.2 Å². The molecule has 9 heteroatoms. The highest BCUT2D eigenvalue weighted by Gasteiger charge is 2.33. The van der Waals surface area contributed by atoms with E-state index in [1.54, 1.807) is 25.5 Å². The van der Waals surface area contributed by atoms with Crippen LogP contribution in [0.3, 0.4) is 0 Å². The van der Waals surface area contributed by atoms with E-state index < -0.39 is 12.0 Å². The summed E-state index contributed by atoms with van der Waals surface area (Å²) in [5.41, 5.74) is 4.36. The van der Waals surface area contributed by atoms with E-state index in [1.165, 1.54) is 11.3 Å². The molecule has 2 aromatic heterocycles. The molecule has 0 radical (unpaired) electrons. The molecule has 0 saturated heterocycles. The third-order valence-corrected chi connectivity index (χ3v) is 8.70. The van der Waals surface area contributed by atoms with Gasteiger partial charge in [0.1, 0.15) is 5.75 Å². The van der Waals surface area contributed by atoms with Gasteiger partial charge in [-0.1, -0.05) is 71.5 Å². The normalized spacial score (nSPS) is 15.0. The number of benzene rings is 3.